The van der Waals surface area contributed by atoms with Crippen molar-refractivity contribution in [3.63, 3.8) is 0 Å². The first kappa shape index (κ1) is 14.6. The van der Waals surface area contributed by atoms with Crippen molar-refractivity contribution < 1.29 is 33.6 Å². The predicted octanol–water partition coefficient (Wildman–Crippen LogP) is -0.0963. The summed E-state index contributed by atoms with van der Waals surface area (Å²) in [6.45, 7) is 1.70. The number of imide groups is 2. The molecule has 1 fully saturated rings. The van der Waals surface area contributed by atoms with Gasteiger partial charge < -0.3 is 0 Å². The first-order valence-electron chi connectivity index (χ1n) is 5.52. The van der Waals surface area contributed by atoms with Crippen LogP contribution in [0.5, 0.6) is 0 Å². The van der Waals surface area contributed by atoms with Gasteiger partial charge in [0, 0.05) is 19.3 Å². The number of hydroxylamine groups is 4. The maximum Gasteiger partial charge on any atom is 0.559 e. The van der Waals surface area contributed by atoms with Gasteiger partial charge >= 0.3 is 6.16 Å². The molecule has 0 aromatic rings. The van der Waals surface area contributed by atoms with Crippen LogP contribution in [0.15, 0.2) is 0 Å². The fourth-order valence-corrected chi connectivity index (χ4v) is 1.28. The molecule has 0 N–H and O–H groups in total. The van der Waals surface area contributed by atoms with Crippen LogP contribution < -0.4 is 0 Å². The summed E-state index contributed by atoms with van der Waals surface area (Å²) in [7, 11) is 0. The first-order valence-corrected chi connectivity index (χ1v) is 5.52. The van der Waals surface area contributed by atoms with Crippen LogP contribution in [0.2, 0.25) is 0 Å². The Hall–Kier alpha value is -2.45. The van der Waals surface area contributed by atoms with E-state index in [0.717, 1.165) is 0 Å². The minimum Gasteiger partial charge on any atom is -0.294 e. The Bertz CT molecular complexity index is 404. The van der Waals surface area contributed by atoms with Gasteiger partial charge in [-0.1, -0.05) is 12.0 Å². The van der Waals surface area contributed by atoms with Crippen molar-refractivity contribution in [3.05, 3.63) is 0 Å². The van der Waals surface area contributed by atoms with Gasteiger partial charge in [-0.2, -0.15) is 4.79 Å². The Balaban J connectivity index is 2.54. The summed E-state index contributed by atoms with van der Waals surface area (Å²) in [6.07, 6.45) is -1.22. The summed E-state index contributed by atoms with van der Waals surface area (Å²) in [5.41, 5.74) is 0. The average Bonchev–Trinajstić information content (AvgIpc) is 2.68. The zero-order valence-corrected chi connectivity index (χ0v) is 10.2. The van der Waals surface area contributed by atoms with E-state index in [-0.39, 0.29) is 35.8 Å². The van der Waals surface area contributed by atoms with E-state index in [0.29, 0.717) is 6.42 Å². The molecule has 9 nitrogen and oxygen atoms in total. The SMILES string of the molecule is CCCC(=O)N(C=O)OC(=O)ON1C(=O)CCC1=O. The molecular weight excluding hydrogens is 260 g/mol. The fourth-order valence-electron chi connectivity index (χ4n) is 1.28. The number of nitrogens with zero attached hydrogens (tertiary/aromatic N) is 2. The lowest BCUT2D eigenvalue weighted by Crippen LogP contribution is -2.37. The van der Waals surface area contributed by atoms with Crippen LogP contribution in [0.3, 0.4) is 0 Å². The lowest BCUT2D eigenvalue weighted by Gasteiger charge is -2.16. The second kappa shape index (κ2) is 6.47. The van der Waals surface area contributed by atoms with Crippen LogP contribution in [0.1, 0.15) is 32.6 Å². The minimum absolute atomic E-state index is 0.00635. The lowest BCUT2D eigenvalue weighted by molar-refractivity contribution is -0.197. The molecule has 1 heterocycles. The van der Waals surface area contributed by atoms with E-state index in [1.165, 1.54) is 0 Å². The highest BCUT2D eigenvalue weighted by Crippen LogP contribution is 2.12. The third kappa shape index (κ3) is 3.76. The minimum atomic E-state index is -1.51. The molecule has 1 aliphatic heterocycles. The standard InChI is InChI=1S/C10H12N2O7/c1-2-3-7(14)11(6-13)18-10(17)19-12-8(15)4-5-9(12)16/h6H,2-5H2,1H3. The Kier molecular flexibility index (Phi) is 4.98. The summed E-state index contributed by atoms with van der Waals surface area (Å²) in [5.74, 6) is -2.13. The molecular formula is C10H12N2O7. The Labute approximate surface area is 107 Å². The van der Waals surface area contributed by atoms with E-state index in [1.807, 2.05) is 0 Å². The van der Waals surface area contributed by atoms with Crippen LogP contribution in [-0.4, -0.2) is 40.4 Å². The zero-order valence-electron chi connectivity index (χ0n) is 10.2. The van der Waals surface area contributed by atoms with Crippen molar-refractivity contribution in [1.82, 2.24) is 10.1 Å². The normalized spacial score (nSPS) is 14.3. The maximum absolute atomic E-state index is 11.3. The molecule has 0 spiro atoms. The number of amides is 4. The van der Waals surface area contributed by atoms with Gasteiger partial charge in [0.25, 0.3) is 24.1 Å². The molecule has 0 unspecified atom stereocenters. The van der Waals surface area contributed by atoms with Gasteiger partial charge in [0.05, 0.1) is 0 Å². The van der Waals surface area contributed by atoms with E-state index >= 15 is 0 Å². The summed E-state index contributed by atoms with van der Waals surface area (Å²) in [6, 6.07) is 0. The fraction of sp³-hybridized carbons (Fsp3) is 0.500. The molecule has 1 rings (SSSR count). The van der Waals surface area contributed by atoms with Gasteiger partial charge in [0.2, 0.25) is 0 Å². The Morgan fingerprint density at radius 2 is 1.89 bits per heavy atom. The van der Waals surface area contributed by atoms with Crippen molar-refractivity contribution in [2.24, 2.45) is 0 Å². The quantitative estimate of drug-likeness (QED) is 0.399. The molecule has 9 heteroatoms. The van der Waals surface area contributed by atoms with Crippen molar-refractivity contribution in [1.29, 1.82) is 0 Å². The molecule has 1 saturated heterocycles. The van der Waals surface area contributed by atoms with E-state index in [9.17, 15) is 24.0 Å². The van der Waals surface area contributed by atoms with E-state index in [2.05, 4.69) is 9.68 Å². The molecule has 0 aromatic heterocycles. The Morgan fingerprint density at radius 1 is 1.32 bits per heavy atom. The van der Waals surface area contributed by atoms with Gasteiger partial charge in [-0.3, -0.25) is 28.9 Å². The highest BCUT2D eigenvalue weighted by molar-refractivity contribution is 6.01. The average molecular weight is 272 g/mol. The molecule has 19 heavy (non-hydrogen) atoms. The molecule has 0 bridgehead atoms. The second-order valence-corrected chi connectivity index (χ2v) is 3.59. The van der Waals surface area contributed by atoms with Crippen molar-refractivity contribution >= 4 is 30.3 Å². The van der Waals surface area contributed by atoms with Crippen LogP contribution in [0.25, 0.3) is 0 Å². The molecule has 4 amide bonds. The maximum atomic E-state index is 11.3. The molecule has 0 aromatic carbocycles. The summed E-state index contributed by atoms with van der Waals surface area (Å²) >= 11 is 0. The van der Waals surface area contributed by atoms with Gasteiger partial charge in [-0.05, 0) is 6.42 Å². The van der Waals surface area contributed by atoms with Crippen LogP contribution >= 0.6 is 0 Å². The summed E-state index contributed by atoms with van der Waals surface area (Å²) < 4.78 is 0. The van der Waals surface area contributed by atoms with E-state index in [1.54, 1.807) is 6.92 Å². The van der Waals surface area contributed by atoms with Gasteiger partial charge in [-0.15, -0.1) is 5.06 Å². The van der Waals surface area contributed by atoms with Crippen LogP contribution in [0.4, 0.5) is 4.79 Å². The molecule has 1 aliphatic rings. The molecule has 0 aliphatic carbocycles. The van der Waals surface area contributed by atoms with Gasteiger partial charge in [-0.25, -0.2) is 0 Å². The first-order chi connectivity index (χ1) is 8.99. The number of hydrogen-bond donors (Lipinski definition) is 0. The summed E-state index contributed by atoms with van der Waals surface area (Å²) in [5, 5.41) is 0.395. The molecule has 0 saturated carbocycles. The number of rotatable bonds is 4. The highest BCUT2D eigenvalue weighted by Gasteiger charge is 2.34. The highest BCUT2D eigenvalue weighted by atomic mass is 16.9. The Morgan fingerprint density at radius 3 is 2.37 bits per heavy atom. The van der Waals surface area contributed by atoms with E-state index < -0.39 is 23.9 Å². The second-order valence-electron chi connectivity index (χ2n) is 3.59. The lowest BCUT2D eigenvalue weighted by atomic mass is 10.3. The topological polar surface area (TPSA) is 110 Å². The van der Waals surface area contributed by atoms with E-state index in [4.69, 9.17) is 0 Å². The number of carbonyl (C=O) groups is 5. The predicted molar refractivity (Wildman–Crippen MR) is 56.5 cm³/mol. The molecule has 0 atom stereocenters. The van der Waals surface area contributed by atoms with Gasteiger partial charge in [0.15, 0.2) is 0 Å². The van der Waals surface area contributed by atoms with Crippen molar-refractivity contribution in [2.45, 2.75) is 32.6 Å². The van der Waals surface area contributed by atoms with Gasteiger partial charge in [0.1, 0.15) is 0 Å². The van der Waals surface area contributed by atoms with Crippen LogP contribution in [0, 0.1) is 0 Å². The monoisotopic (exact) mass is 272 g/mol. The largest absolute Gasteiger partial charge is 0.559 e. The molecule has 0 radical (unpaired) electrons. The summed E-state index contributed by atoms with van der Waals surface area (Å²) in [4.78, 5) is 63.9. The molecule has 104 valence electrons. The van der Waals surface area contributed by atoms with Crippen LogP contribution in [-0.2, 0) is 28.9 Å². The number of hydrogen-bond acceptors (Lipinski definition) is 7. The third-order valence-corrected chi connectivity index (χ3v) is 2.15. The smallest absolute Gasteiger partial charge is 0.294 e. The van der Waals surface area contributed by atoms with Crippen molar-refractivity contribution in [2.75, 3.05) is 0 Å². The third-order valence-electron chi connectivity index (χ3n) is 2.15. The van der Waals surface area contributed by atoms with Crippen molar-refractivity contribution in [3.8, 4) is 0 Å². The number of carbonyl (C=O) groups excluding carboxylic acids is 5. The zero-order chi connectivity index (χ0) is 14.4.